The zero-order valence-electron chi connectivity index (χ0n) is 26.7. The Bertz CT molecular complexity index is 2180. The number of benzene rings is 5. The van der Waals surface area contributed by atoms with E-state index in [9.17, 15) is 5.26 Å². The highest BCUT2D eigenvalue weighted by molar-refractivity contribution is 5.68. The van der Waals surface area contributed by atoms with E-state index in [-0.39, 0.29) is 10.8 Å². The molecule has 6 fully saturated rings. The average Bonchev–Trinajstić information content (AvgIpc) is 3.15. The number of nitrogens with zero attached hydrogens (tertiary/aromatic N) is 4. The number of hydrogen-bond donors (Lipinski definition) is 0. The van der Waals surface area contributed by atoms with Crippen LogP contribution in [0.5, 0.6) is 0 Å². The summed E-state index contributed by atoms with van der Waals surface area (Å²) in [7, 11) is 0. The molecule has 0 radical (unpaired) electrons. The van der Waals surface area contributed by atoms with Crippen LogP contribution in [0.3, 0.4) is 0 Å². The van der Waals surface area contributed by atoms with Gasteiger partial charge in [0.25, 0.3) is 0 Å². The Kier molecular flexibility index (Phi) is 5.80. The van der Waals surface area contributed by atoms with Crippen molar-refractivity contribution < 1.29 is 0 Å². The molecule has 6 aromatic rings. The predicted octanol–water partition coefficient (Wildman–Crippen LogP) is 9.81. The van der Waals surface area contributed by atoms with Crippen LogP contribution in [0.2, 0.25) is 0 Å². The molecule has 0 aliphatic heterocycles. The van der Waals surface area contributed by atoms with Crippen molar-refractivity contribution in [3.8, 4) is 51.4 Å². The predicted molar refractivity (Wildman–Crippen MR) is 189 cm³/mol. The molecule has 4 nitrogen and oxygen atoms in total. The molecule has 6 saturated carbocycles. The van der Waals surface area contributed by atoms with E-state index < -0.39 is 0 Å². The monoisotopic (exact) mass is 618 g/mol. The van der Waals surface area contributed by atoms with E-state index in [2.05, 4.69) is 84.9 Å². The minimum atomic E-state index is 0.220. The number of nitriles is 1. The average molecular weight is 619 g/mol. The van der Waals surface area contributed by atoms with Gasteiger partial charge >= 0.3 is 0 Å². The van der Waals surface area contributed by atoms with Crippen molar-refractivity contribution >= 4 is 0 Å². The SMILES string of the molecule is N#Cc1cccc(-c2ccc(C34CC5(c6ccc(-c7nc(-c8ccccc8)nc(-c8ccccc8)n7)cc6)CC6CC(C5)(C3)C64)cc2)c1. The van der Waals surface area contributed by atoms with Crippen molar-refractivity contribution in [3.05, 3.63) is 150 Å². The van der Waals surface area contributed by atoms with E-state index >= 15 is 0 Å². The van der Waals surface area contributed by atoms with Gasteiger partial charge in [-0.15, -0.1) is 0 Å². The molecule has 12 rings (SSSR count). The van der Waals surface area contributed by atoms with Gasteiger partial charge in [0.1, 0.15) is 0 Å². The molecule has 0 N–H and O–H groups in total. The lowest BCUT2D eigenvalue weighted by atomic mass is 9.19. The first-order chi connectivity index (χ1) is 23.6. The molecule has 6 aliphatic carbocycles. The van der Waals surface area contributed by atoms with Crippen molar-refractivity contribution in [2.75, 3.05) is 0 Å². The minimum Gasteiger partial charge on any atom is -0.208 e. The van der Waals surface area contributed by atoms with Crippen LogP contribution in [0.25, 0.3) is 45.3 Å². The zero-order chi connectivity index (χ0) is 31.9. The van der Waals surface area contributed by atoms with Gasteiger partial charge < -0.3 is 0 Å². The van der Waals surface area contributed by atoms with Gasteiger partial charge in [0.2, 0.25) is 0 Å². The third-order valence-electron chi connectivity index (χ3n) is 12.3. The highest BCUT2D eigenvalue weighted by Gasteiger charge is 2.81. The first-order valence-corrected chi connectivity index (χ1v) is 17.2. The maximum Gasteiger partial charge on any atom is 0.164 e. The van der Waals surface area contributed by atoms with Crippen LogP contribution in [0, 0.1) is 28.6 Å². The highest BCUT2D eigenvalue weighted by atomic mass is 15.0. The third-order valence-corrected chi connectivity index (χ3v) is 12.3. The van der Waals surface area contributed by atoms with E-state index in [1.165, 1.54) is 48.8 Å². The molecule has 1 aromatic heterocycles. The maximum absolute atomic E-state index is 9.39. The van der Waals surface area contributed by atoms with Gasteiger partial charge in [-0.25, -0.2) is 15.0 Å². The molecular formula is C44H34N4. The third kappa shape index (κ3) is 3.97. The van der Waals surface area contributed by atoms with Crippen molar-refractivity contribution in [1.29, 1.82) is 5.26 Å². The Morgan fingerprint density at radius 1 is 0.521 bits per heavy atom. The first kappa shape index (κ1) is 27.7. The highest BCUT2D eigenvalue weighted by Crippen LogP contribution is 2.87. The Morgan fingerprint density at radius 3 is 1.69 bits per heavy atom. The lowest BCUT2D eigenvalue weighted by molar-refractivity contribution is -0.305. The minimum absolute atomic E-state index is 0.220. The van der Waals surface area contributed by atoms with E-state index in [0.29, 0.717) is 28.5 Å². The molecule has 0 saturated heterocycles. The fraction of sp³-hybridized carbons (Fsp3) is 0.227. The van der Waals surface area contributed by atoms with Crippen LogP contribution in [0.1, 0.15) is 48.8 Å². The normalized spacial score (nSPS) is 27.4. The molecule has 230 valence electrons. The van der Waals surface area contributed by atoms with Gasteiger partial charge in [-0.2, -0.15) is 5.26 Å². The van der Waals surface area contributed by atoms with E-state index in [0.717, 1.165) is 34.1 Å². The summed E-state index contributed by atoms with van der Waals surface area (Å²) >= 11 is 0. The van der Waals surface area contributed by atoms with Crippen molar-refractivity contribution in [1.82, 2.24) is 15.0 Å². The van der Waals surface area contributed by atoms with Crippen molar-refractivity contribution in [2.24, 2.45) is 17.3 Å². The zero-order valence-corrected chi connectivity index (χ0v) is 26.7. The van der Waals surface area contributed by atoms with Gasteiger partial charge in [-0.1, -0.05) is 121 Å². The summed E-state index contributed by atoms with van der Waals surface area (Å²) in [6, 6.07) is 49.2. The van der Waals surface area contributed by atoms with Crippen LogP contribution in [0.15, 0.2) is 133 Å². The van der Waals surface area contributed by atoms with Gasteiger partial charge in [0.15, 0.2) is 17.5 Å². The summed E-state index contributed by atoms with van der Waals surface area (Å²) in [5, 5.41) is 9.39. The van der Waals surface area contributed by atoms with E-state index in [4.69, 9.17) is 15.0 Å². The van der Waals surface area contributed by atoms with Crippen LogP contribution in [-0.2, 0) is 10.8 Å². The molecule has 48 heavy (non-hydrogen) atoms. The standard InChI is InChI=1S/C44H34N4/c45-25-29-8-7-13-34(22-29)30-14-20-37(21-15-30)44-27-42(23-35-24-43(26-42,28-44)38(35)44)36-18-16-33(17-19-36)41-47-39(31-9-3-1-4-10-31)46-40(48-41)32-11-5-2-6-12-32/h1-22,35,38H,23-24,26-28H2. The molecule has 6 aliphatic rings. The second-order valence-corrected chi connectivity index (χ2v) is 14.9. The summed E-state index contributed by atoms with van der Waals surface area (Å²) in [5.41, 5.74) is 10.00. The van der Waals surface area contributed by atoms with E-state index in [1.807, 2.05) is 54.6 Å². The molecule has 0 amide bonds. The number of aromatic nitrogens is 3. The van der Waals surface area contributed by atoms with Gasteiger partial charge in [0, 0.05) is 22.1 Å². The molecule has 5 aromatic carbocycles. The van der Waals surface area contributed by atoms with Crippen molar-refractivity contribution in [2.45, 2.75) is 42.9 Å². The Balaban J connectivity index is 0.984. The van der Waals surface area contributed by atoms with Crippen LogP contribution in [-0.4, -0.2) is 15.0 Å². The summed E-state index contributed by atoms with van der Waals surface area (Å²) in [5.74, 6) is 3.74. The molecule has 1 heterocycles. The molecule has 5 atom stereocenters. The lowest BCUT2D eigenvalue weighted by Crippen LogP contribution is -2.80. The Morgan fingerprint density at radius 2 is 1.08 bits per heavy atom. The summed E-state index contributed by atoms with van der Waals surface area (Å²) in [4.78, 5) is 14.8. The molecule has 1 spiro atoms. The van der Waals surface area contributed by atoms with Crippen molar-refractivity contribution in [3.63, 3.8) is 0 Å². The van der Waals surface area contributed by atoms with Crippen LogP contribution in [0.4, 0.5) is 0 Å². The van der Waals surface area contributed by atoms with Crippen LogP contribution < -0.4 is 0 Å². The fourth-order valence-corrected chi connectivity index (χ4v) is 10.9. The maximum atomic E-state index is 9.39. The first-order valence-electron chi connectivity index (χ1n) is 17.2. The van der Waals surface area contributed by atoms with Gasteiger partial charge in [-0.3, -0.25) is 0 Å². The smallest absolute Gasteiger partial charge is 0.164 e. The van der Waals surface area contributed by atoms with Gasteiger partial charge in [0.05, 0.1) is 11.6 Å². The number of hydrogen-bond acceptors (Lipinski definition) is 4. The Labute approximate surface area is 281 Å². The van der Waals surface area contributed by atoms with E-state index in [1.54, 1.807) is 0 Å². The fourth-order valence-electron chi connectivity index (χ4n) is 10.9. The molecule has 5 unspecified atom stereocenters. The second-order valence-electron chi connectivity index (χ2n) is 14.9. The summed E-state index contributed by atoms with van der Waals surface area (Å²) in [6.45, 7) is 0. The number of rotatable bonds is 6. The molecule has 5 bridgehead atoms. The Hall–Kier alpha value is -5.40. The molecule has 4 heteroatoms. The quantitative estimate of drug-likeness (QED) is 0.186. The second kappa shape index (κ2) is 10.1. The topological polar surface area (TPSA) is 62.5 Å². The molecular weight excluding hydrogens is 585 g/mol. The van der Waals surface area contributed by atoms with Crippen LogP contribution >= 0.6 is 0 Å². The lowest BCUT2D eigenvalue weighted by Gasteiger charge is -2.85. The summed E-state index contributed by atoms with van der Waals surface area (Å²) in [6.07, 6.45) is 6.60. The summed E-state index contributed by atoms with van der Waals surface area (Å²) < 4.78 is 0. The van der Waals surface area contributed by atoms with Gasteiger partial charge in [-0.05, 0) is 89.2 Å². The largest absolute Gasteiger partial charge is 0.208 e.